The highest BCUT2D eigenvalue weighted by Crippen LogP contribution is 2.42. The number of nitrogens with one attached hydrogen (secondary N) is 2. The first kappa shape index (κ1) is 11.5. The zero-order chi connectivity index (χ0) is 11.4. The molecule has 1 heterocycles. The maximum Gasteiger partial charge on any atom is 0.224 e. The first-order chi connectivity index (χ1) is 7.78. The van der Waals surface area contributed by atoms with Crippen LogP contribution in [0.1, 0.15) is 19.3 Å². The van der Waals surface area contributed by atoms with Gasteiger partial charge in [-0.05, 0) is 25.2 Å². The van der Waals surface area contributed by atoms with Crippen LogP contribution in [0.4, 0.5) is 11.8 Å². The number of hydrogen-bond acceptors (Lipinski definition) is 5. The van der Waals surface area contributed by atoms with E-state index in [1.165, 1.54) is 19.3 Å². The molecular weight excluding hydrogens is 220 g/mol. The van der Waals surface area contributed by atoms with Crippen LogP contribution < -0.4 is 10.6 Å². The fraction of sp³-hybridized carbons (Fsp3) is 0.636. The summed E-state index contributed by atoms with van der Waals surface area (Å²) in [6.07, 6.45) is 7.94. The third kappa shape index (κ3) is 2.40. The van der Waals surface area contributed by atoms with E-state index in [0.717, 1.165) is 12.4 Å². The largest absolute Gasteiger partial charge is 0.369 e. The Bertz CT molecular complexity index is 346. The van der Waals surface area contributed by atoms with E-state index in [4.69, 9.17) is 0 Å². The van der Waals surface area contributed by atoms with E-state index >= 15 is 0 Å². The van der Waals surface area contributed by atoms with Crippen molar-refractivity contribution in [3.05, 3.63) is 12.3 Å². The van der Waals surface area contributed by atoms with Gasteiger partial charge in [0.25, 0.3) is 0 Å². The van der Waals surface area contributed by atoms with Gasteiger partial charge in [-0.3, -0.25) is 0 Å². The van der Waals surface area contributed by atoms with Gasteiger partial charge in [-0.25, -0.2) is 4.98 Å². The van der Waals surface area contributed by atoms with Gasteiger partial charge in [0.15, 0.2) is 0 Å². The molecule has 2 N–H and O–H groups in total. The Morgan fingerprint density at radius 3 is 2.88 bits per heavy atom. The predicted octanol–water partition coefficient (Wildman–Crippen LogP) is 2.22. The van der Waals surface area contributed by atoms with Crippen LogP contribution in [-0.2, 0) is 0 Å². The van der Waals surface area contributed by atoms with Crippen molar-refractivity contribution in [3.8, 4) is 0 Å². The van der Waals surface area contributed by atoms with Crippen molar-refractivity contribution in [1.29, 1.82) is 0 Å². The summed E-state index contributed by atoms with van der Waals surface area (Å²) in [6, 6.07) is 1.91. The van der Waals surface area contributed by atoms with Crippen LogP contribution in [0.5, 0.6) is 0 Å². The summed E-state index contributed by atoms with van der Waals surface area (Å²) in [7, 11) is 1.83. The fourth-order valence-corrected chi connectivity index (χ4v) is 2.77. The van der Waals surface area contributed by atoms with E-state index in [2.05, 4.69) is 26.9 Å². The third-order valence-corrected chi connectivity index (χ3v) is 4.59. The molecule has 5 heteroatoms. The van der Waals surface area contributed by atoms with Gasteiger partial charge >= 0.3 is 0 Å². The quantitative estimate of drug-likeness (QED) is 0.823. The van der Waals surface area contributed by atoms with E-state index in [1.54, 1.807) is 6.20 Å². The van der Waals surface area contributed by atoms with Gasteiger partial charge in [-0.1, -0.05) is 6.42 Å². The minimum Gasteiger partial charge on any atom is -0.369 e. The number of thioether (sulfide) groups is 1. The minimum atomic E-state index is 0.435. The maximum absolute atomic E-state index is 4.34. The number of anilines is 2. The molecule has 0 aromatic carbocycles. The Balaban J connectivity index is 1.93. The Hall–Kier alpha value is -0.970. The van der Waals surface area contributed by atoms with Crippen LogP contribution in [0.25, 0.3) is 0 Å². The molecular formula is C11H18N4S. The van der Waals surface area contributed by atoms with Crippen LogP contribution in [0.2, 0.25) is 0 Å². The smallest absolute Gasteiger partial charge is 0.224 e. The lowest BCUT2D eigenvalue weighted by atomic mass is 9.84. The van der Waals surface area contributed by atoms with Gasteiger partial charge in [-0.2, -0.15) is 16.7 Å². The first-order valence-electron chi connectivity index (χ1n) is 5.58. The van der Waals surface area contributed by atoms with Gasteiger partial charge in [0.2, 0.25) is 5.95 Å². The summed E-state index contributed by atoms with van der Waals surface area (Å²) >= 11 is 1.97. The summed E-state index contributed by atoms with van der Waals surface area (Å²) < 4.78 is 0.435. The number of aromatic nitrogens is 2. The van der Waals surface area contributed by atoms with Gasteiger partial charge in [0.05, 0.1) is 0 Å². The molecule has 4 nitrogen and oxygen atoms in total. The Labute approximate surface area is 101 Å². The fourth-order valence-electron chi connectivity index (χ4n) is 1.85. The molecule has 0 amide bonds. The highest BCUT2D eigenvalue weighted by atomic mass is 32.2. The lowest BCUT2D eigenvalue weighted by Crippen LogP contribution is -2.40. The van der Waals surface area contributed by atoms with E-state index in [0.29, 0.717) is 10.7 Å². The molecule has 0 atom stereocenters. The number of hydrogen-bond donors (Lipinski definition) is 2. The number of nitrogens with zero attached hydrogens (tertiary/aromatic N) is 2. The van der Waals surface area contributed by atoms with Crippen molar-refractivity contribution in [2.75, 3.05) is 30.5 Å². The molecule has 0 radical (unpaired) electrons. The standard InChI is InChI=1S/C11H18N4S/c1-12-10-13-7-4-9(15-10)14-8-11(16-2)5-3-6-11/h4,7H,3,5-6,8H2,1-2H3,(H2,12,13,14,15). The van der Waals surface area contributed by atoms with Crippen LogP contribution in [0.15, 0.2) is 12.3 Å². The van der Waals surface area contributed by atoms with Gasteiger partial charge < -0.3 is 10.6 Å². The lowest BCUT2D eigenvalue weighted by Gasteiger charge is -2.40. The third-order valence-electron chi connectivity index (χ3n) is 3.17. The molecule has 0 unspecified atom stereocenters. The zero-order valence-corrected chi connectivity index (χ0v) is 10.6. The minimum absolute atomic E-state index is 0.435. The first-order valence-corrected chi connectivity index (χ1v) is 6.80. The SMILES string of the molecule is CNc1nccc(NCC2(SC)CCC2)n1. The molecule has 1 aliphatic rings. The van der Waals surface area contributed by atoms with Gasteiger partial charge in [0.1, 0.15) is 5.82 Å². The normalized spacial score (nSPS) is 17.6. The van der Waals surface area contributed by atoms with Crippen molar-refractivity contribution in [3.63, 3.8) is 0 Å². The molecule has 1 saturated carbocycles. The van der Waals surface area contributed by atoms with Crippen LogP contribution in [-0.4, -0.2) is 34.6 Å². The summed E-state index contributed by atoms with van der Waals surface area (Å²) in [5.74, 6) is 1.57. The number of rotatable bonds is 5. The lowest BCUT2D eigenvalue weighted by molar-refractivity contribution is 0.379. The predicted molar refractivity (Wildman–Crippen MR) is 70.2 cm³/mol. The van der Waals surface area contributed by atoms with Crippen molar-refractivity contribution >= 4 is 23.5 Å². The molecule has 2 rings (SSSR count). The van der Waals surface area contributed by atoms with Crippen molar-refractivity contribution in [1.82, 2.24) is 9.97 Å². The summed E-state index contributed by atoms with van der Waals surface area (Å²) in [5, 5.41) is 6.34. The Morgan fingerprint density at radius 2 is 2.31 bits per heavy atom. The molecule has 0 spiro atoms. The van der Waals surface area contributed by atoms with Crippen LogP contribution in [0.3, 0.4) is 0 Å². The molecule has 1 aromatic rings. The molecule has 0 bridgehead atoms. The van der Waals surface area contributed by atoms with Crippen molar-refractivity contribution in [2.45, 2.75) is 24.0 Å². The van der Waals surface area contributed by atoms with E-state index in [9.17, 15) is 0 Å². The highest BCUT2D eigenvalue weighted by molar-refractivity contribution is 8.00. The topological polar surface area (TPSA) is 49.8 Å². The average Bonchev–Trinajstić information content (AvgIpc) is 2.29. The van der Waals surface area contributed by atoms with Gasteiger partial charge in [-0.15, -0.1) is 0 Å². The molecule has 0 aliphatic heterocycles. The zero-order valence-electron chi connectivity index (χ0n) is 9.79. The van der Waals surface area contributed by atoms with Crippen LogP contribution in [0, 0.1) is 0 Å². The van der Waals surface area contributed by atoms with Gasteiger partial charge in [0, 0.05) is 24.5 Å². The van der Waals surface area contributed by atoms with E-state index in [-0.39, 0.29) is 0 Å². The second-order valence-electron chi connectivity index (χ2n) is 4.11. The Kier molecular flexibility index (Phi) is 3.53. The van der Waals surface area contributed by atoms with Crippen LogP contribution >= 0.6 is 11.8 Å². The molecule has 0 saturated heterocycles. The molecule has 1 aromatic heterocycles. The molecule has 1 fully saturated rings. The highest BCUT2D eigenvalue weighted by Gasteiger charge is 2.35. The van der Waals surface area contributed by atoms with E-state index < -0.39 is 0 Å². The molecule has 16 heavy (non-hydrogen) atoms. The molecule has 1 aliphatic carbocycles. The Morgan fingerprint density at radius 1 is 1.50 bits per heavy atom. The summed E-state index contributed by atoms with van der Waals surface area (Å²) in [5.41, 5.74) is 0. The molecule has 88 valence electrons. The monoisotopic (exact) mass is 238 g/mol. The summed E-state index contributed by atoms with van der Waals surface area (Å²) in [4.78, 5) is 8.43. The average molecular weight is 238 g/mol. The van der Waals surface area contributed by atoms with E-state index in [1.807, 2.05) is 24.9 Å². The summed E-state index contributed by atoms with van der Waals surface area (Å²) in [6.45, 7) is 0.994. The maximum atomic E-state index is 4.34. The second kappa shape index (κ2) is 4.91. The van der Waals surface area contributed by atoms with Crippen molar-refractivity contribution in [2.24, 2.45) is 0 Å². The van der Waals surface area contributed by atoms with Crippen molar-refractivity contribution < 1.29 is 0 Å². The second-order valence-corrected chi connectivity index (χ2v) is 5.38.